The van der Waals surface area contributed by atoms with Gasteiger partial charge in [0.2, 0.25) is 5.76 Å². The van der Waals surface area contributed by atoms with Crippen molar-refractivity contribution in [1.29, 1.82) is 0 Å². The summed E-state index contributed by atoms with van der Waals surface area (Å²) in [6.07, 6.45) is 1.17. The molecule has 0 aliphatic rings. The Morgan fingerprint density at radius 3 is 2.50 bits per heavy atom. The summed E-state index contributed by atoms with van der Waals surface area (Å²) in [5, 5.41) is 11.8. The van der Waals surface area contributed by atoms with Crippen molar-refractivity contribution < 1.29 is 19.1 Å². The largest absolute Gasteiger partial charge is 0.478 e. The standard InChI is InChI=1S/C14H14N2O4/c1-7-4-8(2)11(10(5-7)14(18)19)16-13(17)12-9(3)15-6-20-12/h4-6H,1-3H3,(H,16,17)(H,18,19). The van der Waals surface area contributed by atoms with Gasteiger partial charge in [0.05, 0.1) is 16.9 Å². The molecule has 0 radical (unpaired) electrons. The van der Waals surface area contributed by atoms with Crippen LogP contribution >= 0.6 is 0 Å². The third-order valence-electron chi connectivity index (χ3n) is 2.90. The minimum Gasteiger partial charge on any atom is -0.478 e. The maximum Gasteiger partial charge on any atom is 0.337 e. The van der Waals surface area contributed by atoms with Gasteiger partial charge in [-0.1, -0.05) is 6.07 Å². The summed E-state index contributed by atoms with van der Waals surface area (Å²) in [7, 11) is 0. The third-order valence-corrected chi connectivity index (χ3v) is 2.90. The Morgan fingerprint density at radius 2 is 1.95 bits per heavy atom. The van der Waals surface area contributed by atoms with E-state index in [4.69, 9.17) is 4.42 Å². The number of oxazole rings is 1. The van der Waals surface area contributed by atoms with E-state index in [1.807, 2.05) is 0 Å². The Kier molecular flexibility index (Phi) is 3.56. The number of rotatable bonds is 3. The van der Waals surface area contributed by atoms with Crippen LogP contribution in [0.1, 0.15) is 37.7 Å². The maximum absolute atomic E-state index is 12.1. The van der Waals surface area contributed by atoms with E-state index in [0.29, 0.717) is 11.3 Å². The van der Waals surface area contributed by atoms with Crippen LogP contribution in [0.4, 0.5) is 5.69 Å². The molecule has 0 saturated heterocycles. The molecule has 1 amide bonds. The van der Waals surface area contributed by atoms with Gasteiger partial charge in [-0.25, -0.2) is 9.78 Å². The Morgan fingerprint density at radius 1 is 1.25 bits per heavy atom. The highest BCUT2D eigenvalue weighted by Crippen LogP contribution is 2.24. The lowest BCUT2D eigenvalue weighted by Crippen LogP contribution is -2.16. The van der Waals surface area contributed by atoms with Crippen LogP contribution in [0.25, 0.3) is 0 Å². The van der Waals surface area contributed by atoms with Gasteiger partial charge in [0.25, 0.3) is 5.91 Å². The molecule has 0 fully saturated rings. The average molecular weight is 274 g/mol. The van der Waals surface area contributed by atoms with Crippen molar-refractivity contribution in [2.75, 3.05) is 5.32 Å². The number of hydrogen-bond donors (Lipinski definition) is 2. The van der Waals surface area contributed by atoms with Crippen LogP contribution in [-0.4, -0.2) is 22.0 Å². The molecule has 2 rings (SSSR count). The molecule has 0 aliphatic heterocycles. The fraction of sp³-hybridized carbons (Fsp3) is 0.214. The number of carbonyl (C=O) groups excluding carboxylic acids is 1. The molecule has 2 N–H and O–H groups in total. The number of hydrogen-bond acceptors (Lipinski definition) is 4. The quantitative estimate of drug-likeness (QED) is 0.897. The number of carbonyl (C=O) groups is 2. The normalized spacial score (nSPS) is 10.3. The molecule has 0 unspecified atom stereocenters. The van der Waals surface area contributed by atoms with E-state index in [-0.39, 0.29) is 17.0 Å². The highest BCUT2D eigenvalue weighted by Gasteiger charge is 2.19. The van der Waals surface area contributed by atoms with Crippen LogP contribution < -0.4 is 5.32 Å². The van der Waals surface area contributed by atoms with Crippen LogP contribution in [0.3, 0.4) is 0 Å². The minimum atomic E-state index is -1.10. The van der Waals surface area contributed by atoms with Crippen molar-refractivity contribution in [3.05, 3.63) is 46.7 Å². The number of aryl methyl sites for hydroxylation is 3. The number of nitrogens with one attached hydrogen (secondary N) is 1. The number of anilines is 1. The van der Waals surface area contributed by atoms with Crippen LogP contribution in [0, 0.1) is 20.8 Å². The number of aromatic nitrogens is 1. The zero-order valence-corrected chi connectivity index (χ0v) is 11.4. The van der Waals surface area contributed by atoms with Crippen molar-refractivity contribution in [1.82, 2.24) is 4.98 Å². The maximum atomic E-state index is 12.1. The van der Waals surface area contributed by atoms with E-state index < -0.39 is 11.9 Å². The zero-order chi connectivity index (χ0) is 14.9. The van der Waals surface area contributed by atoms with Crippen molar-refractivity contribution >= 4 is 17.6 Å². The van der Waals surface area contributed by atoms with Gasteiger partial charge >= 0.3 is 5.97 Å². The van der Waals surface area contributed by atoms with E-state index in [1.54, 1.807) is 26.8 Å². The molecule has 0 atom stereocenters. The summed E-state index contributed by atoms with van der Waals surface area (Å²) in [5.74, 6) is -1.54. The van der Waals surface area contributed by atoms with Crippen LogP contribution in [0.2, 0.25) is 0 Å². The van der Waals surface area contributed by atoms with Crippen molar-refractivity contribution in [2.45, 2.75) is 20.8 Å². The molecule has 6 heteroatoms. The van der Waals surface area contributed by atoms with Gasteiger partial charge in [0, 0.05) is 0 Å². The fourth-order valence-corrected chi connectivity index (χ4v) is 1.99. The summed E-state index contributed by atoms with van der Waals surface area (Å²) in [5.41, 5.74) is 2.25. The molecule has 0 spiro atoms. The second-order valence-corrected chi connectivity index (χ2v) is 4.53. The van der Waals surface area contributed by atoms with Gasteiger partial charge < -0.3 is 14.8 Å². The molecular formula is C14H14N2O4. The van der Waals surface area contributed by atoms with Crippen LogP contribution in [-0.2, 0) is 0 Å². The highest BCUT2D eigenvalue weighted by atomic mass is 16.4. The van der Waals surface area contributed by atoms with Gasteiger partial charge in [0.15, 0.2) is 6.39 Å². The van der Waals surface area contributed by atoms with Gasteiger partial charge in [0.1, 0.15) is 0 Å². The average Bonchev–Trinajstić information content (AvgIpc) is 2.78. The molecule has 1 aromatic heterocycles. The highest BCUT2D eigenvalue weighted by molar-refractivity contribution is 6.07. The SMILES string of the molecule is Cc1cc(C)c(NC(=O)c2ocnc2C)c(C(=O)O)c1. The summed E-state index contributed by atoms with van der Waals surface area (Å²) >= 11 is 0. The predicted molar refractivity (Wildman–Crippen MR) is 72.1 cm³/mol. The molecular weight excluding hydrogens is 260 g/mol. The van der Waals surface area contributed by atoms with Crippen LogP contribution in [0.5, 0.6) is 0 Å². The third kappa shape index (κ3) is 2.54. The lowest BCUT2D eigenvalue weighted by atomic mass is 10.0. The zero-order valence-electron chi connectivity index (χ0n) is 11.4. The van der Waals surface area contributed by atoms with Crippen molar-refractivity contribution in [3.8, 4) is 0 Å². The van der Waals surface area contributed by atoms with E-state index in [2.05, 4.69) is 10.3 Å². The summed E-state index contributed by atoms with van der Waals surface area (Å²) in [4.78, 5) is 27.2. The molecule has 104 valence electrons. The summed E-state index contributed by atoms with van der Waals surface area (Å²) < 4.78 is 4.99. The summed E-state index contributed by atoms with van der Waals surface area (Å²) in [6.45, 7) is 5.17. The van der Waals surface area contributed by atoms with Gasteiger partial charge in [-0.3, -0.25) is 4.79 Å². The number of carboxylic acid groups (broad SMARTS) is 1. The van der Waals surface area contributed by atoms with E-state index in [1.165, 1.54) is 12.5 Å². The Hall–Kier alpha value is -2.63. The Labute approximate surface area is 115 Å². The van der Waals surface area contributed by atoms with Gasteiger partial charge in [-0.2, -0.15) is 0 Å². The first-order valence-electron chi connectivity index (χ1n) is 5.96. The fourth-order valence-electron chi connectivity index (χ4n) is 1.99. The lowest BCUT2D eigenvalue weighted by molar-refractivity contribution is 0.0698. The van der Waals surface area contributed by atoms with Crippen molar-refractivity contribution in [3.63, 3.8) is 0 Å². The second kappa shape index (κ2) is 5.16. The topological polar surface area (TPSA) is 92.4 Å². The van der Waals surface area contributed by atoms with Gasteiger partial charge in [-0.05, 0) is 38.0 Å². The molecule has 6 nitrogen and oxygen atoms in total. The van der Waals surface area contributed by atoms with Crippen LogP contribution in [0.15, 0.2) is 22.9 Å². The first-order valence-corrected chi connectivity index (χ1v) is 5.96. The van der Waals surface area contributed by atoms with E-state index in [9.17, 15) is 14.7 Å². The molecule has 0 bridgehead atoms. The predicted octanol–water partition coefficient (Wildman–Crippen LogP) is 2.55. The molecule has 20 heavy (non-hydrogen) atoms. The number of benzene rings is 1. The Balaban J connectivity index is 2.41. The Bertz CT molecular complexity index is 688. The molecule has 1 aromatic carbocycles. The summed E-state index contributed by atoms with van der Waals surface area (Å²) in [6, 6.07) is 3.31. The minimum absolute atomic E-state index is 0.0491. The van der Waals surface area contributed by atoms with Crippen molar-refractivity contribution in [2.24, 2.45) is 0 Å². The molecule has 1 heterocycles. The monoisotopic (exact) mass is 274 g/mol. The molecule has 2 aromatic rings. The van der Waals surface area contributed by atoms with E-state index >= 15 is 0 Å². The number of aromatic carboxylic acids is 1. The number of amides is 1. The van der Waals surface area contributed by atoms with E-state index in [0.717, 1.165) is 5.56 Å². The first-order chi connectivity index (χ1) is 9.40. The number of carboxylic acids is 1. The molecule has 0 saturated carbocycles. The molecule has 0 aliphatic carbocycles. The lowest BCUT2D eigenvalue weighted by Gasteiger charge is -2.12. The smallest absolute Gasteiger partial charge is 0.337 e. The van der Waals surface area contributed by atoms with Gasteiger partial charge in [-0.15, -0.1) is 0 Å². The first kappa shape index (κ1) is 13.8. The number of nitrogens with zero attached hydrogens (tertiary/aromatic N) is 1. The second-order valence-electron chi connectivity index (χ2n) is 4.53.